The van der Waals surface area contributed by atoms with Gasteiger partial charge in [0.05, 0.1) is 16.7 Å². The topological polar surface area (TPSA) is 117 Å². The molecule has 0 radical (unpaired) electrons. The molecule has 2 rings (SSSR count). The second-order valence-corrected chi connectivity index (χ2v) is 4.14. The molecule has 3 N–H and O–H groups in total. The average Bonchev–Trinajstić information content (AvgIpc) is 2.49. The van der Waals surface area contributed by atoms with Gasteiger partial charge in [0, 0.05) is 5.69 Å². The molecule has 0 saturated heterocycles. The Morgan fingerprint density at radius 3 is 2.38 bits per heavy atom. The van der Waals surface area contributed by atoms with Crippen LogP contribution in [0.3, 0.4) is 0 Å². The lowest BCUT2D eigenvalue weighted by Crippen LogP contribution is -2.12. The maximum atomic E-state index is 12.0. The van der Waals surface area contributed by atoms with E-state index < -0.39 is 5.91 Å². The van der Waals surface area contributed by atoms with Gasteiger partial charge in [-0.3, -0.25) is 4.79 Å². The third kappa shape index (κ3) is 2.91. The lowest BCUT2D eigenvalue weighted by molar-refractivity contribution is 0.102. The monoisotopic (exact) mass is 279 g/mol. The highest BCUT2D eigenvalue weighted by atomic mass is 16.3. The number of benzene rings is 2. The van der Waals surface area contributed by atoms with E-state index in [0.717, 1.165) is 6.07 Å². The van der Waals surface area contributed by atoms with Crippen LogP contribution < -0.4 is 5.32 Å². The van der Waals surface area contributed by atoms with Crippen LogP contribution in [0.15, 0.2) is 36.4 Å². The highest BCUT2D eigenvalue weighted by molar-refractivity contribution is 6.06. The van der Waals surface area contributed by atoms with Gasteiger partial charge >= 0.3 is 0 Å². The molecule has 2 aromatic carbocycles. The number of hydrogen-bond donors (Lipinski definition) is 3. The third-order valence-corrected chi connectivity index (χ3v) is 2.74. The minimum atomic E-state index is -0.642. The lowest BCUT2D eigenvalue weighted by Gasteiger charge is -2.08. The van der Waals surface area contributed by atoms with Crippen LogP contribution in [0, 0.1) is 22.7 Å². The van der Waals surface area contributed by atoms with Gasteiger partial charge in [-0.15, -0.1) is 0 Å². The smallest absolute Gasteiger partial charge is 0.259 e. The van der Waals surface area contributed by atoms with E-state index in [9.17, 15) is 15.0 Å². The molecule has 2 aromatic rings. The zero-order valence-electron chi connectivity index (χ0n) is 10.7. The van der Waals surface area contributed by atoms with Gasteiger partial charge in [-0.05, 0) is 36.4 Å². The van der Waals surface area contributed by atoms with E-state index in [1.165, 1.54) is 30.3 Å². The predicted molar refractivity (Wildman–Crippen MR) is 73.6 cm³/mol. The Morgan fingerprint density at radius 1 is 1.00 bits per heavy atom. The highest BCUT2D eigenvalue weighted by Crippen LogP contribution is 2.23. The van der Waals surface area contributed by atoms with Gasteiger partial charge in [-0.2, -0.15) is 10.5 Å². The Kier molecular flexibility index (Phi) is 3.74. The first kappa shape index (κ1) is 13.9. The number of carbonyl (C=O) groups is 1. The molecule has 1 amide bonds. The van der Waals surface area contributed by atoms with E-state index in [-0.39, 0.29) is 28.2 Å². The van der Waals surface area contributed by atoms with Crippen LogP contribution in [0.4, 0.5) is 5.69 Å². The van der Waals surface area contributed by atoms with E-state index in [2.05, 4.69) is 5.32 Å². The van der Waals surface area contributed by atoms with Gasteiger partial charge in [0.15, 0.2) is 0 Å². The quantitative estimate of drug-likeness (QED) is 0.727. The first-order chi connectivity index (χ1) is 10.0. The van der Waals surface area contributed by atoms with E-state index in [0.29, 0.717) is 5.69 Å². The van der Waals surface area contributed by atoms with Crippen molar-refractivity contribution in [3.05, 3.63) is 53.1 Å². The Labute approximate surface area is 120 Å². The summed E-state index contributed by atoms with van der Waals surface area (Å²) in [6.07, 6.45) is 0. The summed E-state index contributed by atoms with van der Waals surface area (Å²) in [5.74, 6) is -1.08. The van der Waals surface area contributed by atoms with Crippen LogP contribution in [-0.2, 0) is 0 Å². The van der Waals surface area contributed by atoms with Gasteiger partial charge in [0.2, 0.25) is 0 Å². The van der Waals surface area contributed by atoms with Crippen molar-refractivity contribution in [1.82, 2.24) is 0 Å². The maximum Gasteiger partial charge on any atom is 0.259 e. The highest BCUT2D eigenvalue weighted by Gasteiger charge is 2.13. The number of nitrogens with zero attached hydrogens (tertiary/aromatic N) is 2. The molecule has 0 saturated carbocycles. The Hall–Kier alpha value is -3.51. The number of rotatable bonds is 2. The molecule has 0 heterocycles. The second kappa shape index (κ2) is 5.64. The van der Waals surface area contributed by atoms with E-state index >= 15 is 0 Å². The summed E-state index contributed by atoms with van der Waals surface area (Å²) in [7, 11) is 0. The molecule has 0 aliphatic carbocycles. The zero-order valence-corrected chi connectivity index (χ0v) is 10.7. The molecule has 0 fully saturated rings. The molecular weight excluding hydrogens is 270 g/mol. The summed E-state index contributed by atoms with van der Waals surface area (Å²) in [5.41, 5.74) is 0.544. The molecule has 0 aromatic heterocycles. The number of amides is 1. The van der Waals surface area contributed by atoms with Crippen LogP contribution in [-0.4, -0.2) is 16.1 Å². The Morgan fingerprint density at radius 2 is 1.71 bits per heavy atom. The fourth-order valence-corrected chi connectivity index (χ4v) is 1.72. The Balaban J connectivity index is 2.30. The van der Waals surface area contributed by atoms with Gasteiger partial charge < -0.3 is 15.5 Å². The number of nitrogens with one attached hydrogen (secondary N) is 1. The molecule has 0 atom stereocenters. The largest absolute Gasteiger partial charge is 0.508 e. The summed E-state index contributed by atoms with van der Waals surface area (Å²) >= 11 is 0. The second-order valence-electron chi connectivity index (χ2n) is 4.14. The summed E-state index contributed by atoms with van der Waals surface area (Å²) in [6.45, 7) is 0. The first-order valence-corrected chi connectivity index (χ1v) is 5.82. The van der Waals surface area contributed by atoms with Crippen molar-refractivity contribution in [2.45, 2.75) is 0 Å². The predicted octanol–water partition coefficient (Wildman–Crippen LogP) is 2.09. The standard InChI is InChI=1S/C15H9N3O3/c16-7-9-1-2-11(5-10(9)8-17)18-15(21)13-6-12(19)3-4-14(13)20/h1-6,19-20H,(H,18,21). The number of carbonyl (C=O) groups excluding carboxylic acids is 1. The summed E-state index contributed by atoms with van der Waals surface area (Å²) in [4.78, 5) is 12.0. The minimum Gasteiger partial charge on any atom is -0.508 e. The number of nitriles is 2. The molecule has 21 heavy (non-hydrogen) atoms. The van der Waals surface area contributed by atoms with Crippen LogP contribution in [0.1, 0.15) is 21.5 Å². The van der Waals surface area contributed by atoms with Crippen molar-refractivity contribution in [2.75, 3.05) is 5.32 Å². The van der Waals surface area contributed by atoms with Crippen LogP contribution in [0.5, 0.6) is 11.5 Å². The molecule has 0 unspecified atom stereocenters. The zero-order chi connectivity index (χ0) is 15.4. The molecule has 102 valence electrons. The molecule has 0 aliphatic rings. The number of anilines is 1. The van der Waals surface area contributed by atoms with Gasteiger partial charge in [0.1, 0.15) is 23.6 Å². The Bertz CT molecular complexity index is 801. The normalized spacial score (nSPS) is 9.43. The number of phenolic OH excluding ortho intramolecular Hbond substituents is 2. The fraction of sp³-hybridized carbons (Fsp3) is 0. The van der Waals surface area contributed by atoms with Crippen molar-refractivity contribution in [3.63, 3.8) is 0 Å². The number of hydrogen-bond acceptors (Lipinski definition) is 5. The SMILES string of the molecule is N#Cc1ccc(NC(=O)c2cc(O)ccc2O)cc1C#N. The van der Waals surface area contributed by atoms with E-state index in [4.69, 9.17) is 10.5 Å². The van der Waals surface area contributed by atoms with Crippen molar-refractivity contribution in [3.8, 4) is 23.6 Å². The minimum absolute atomic E-state index is 0.0992. The van der Waals surface area contributed by atoms with Crippen molar-refractivity contribution in [1.29, 1.82) is 10.5 Å². The van der Waals surface area contributed by atoms with Gasteiger partial charge in [0.25, 0.3) is 5.91 Å². The van der Waals surface area contributed by atoms with Crippen LogP contribution in [0.2, 0.25) is 0 Å². The third-order valence-electron chi connectivity index (χ3n) is 2.74. The maximum absolute atomic E-state index is 12.0. The fourth-order valence-electron chi connectivity index (χ4n) is 1.72. The van der Waals surface area contributed by atoms with Crippen molar-refractivity contribution >= 4 is 11.6 Å². The first-order valence-electron chi connectivity index (χ1n) is 5.82. The molecule has 0 bridgehead atoms. The summed E-state index contributed by atoms with van der Waals surface area (Å²) in [5, 5.41) is 39.2. The molecule has 6 nitrogen and oxygen atoms in total. The molecule has 0 spiro atoms. The number of aromatic hydroxyl groups is 2. The number of phenols is 2. The average molecular weight is 279 g/mol. The molecule has 6 heteroatoms. The molecule has 0 aliphatic heterocycles. The summed E-state index contributed by atoms with van der Waals surface area (Å²) < 4.78 is 0. The van der Waals surface area contributed by atoms with Crippen LogP contribution in [0.25, 0.3) is 0 Å². The lowest BCUT2D eigenvalue weighted by atomic mass is 10.1. The van der Waals surface area contributed by atoms with E-state index in [1.54, 1.807) is 0 Å². The van der Waals surface area contributed by atoms with Gasteiger partial charge in [-0.25, -0.2) is 0 Å². The van der Waals surface area contributed by atoms with Crippen LogP contribution >= 0.6 is 0 Å². The van der Waals surface area contributed by atoms with Gasteiger partial charge in [-0.1, -0.05) is 0 Å². The van der Waals surface area contributed by atoms with E-state index in [1.807, 2.05) is 12.1 Å². The van der Waals surface area contributed by atoms with Crippen molar-refractivity contribution in [2.24, 2.45) is 0 Å². The summed E-state index contributed by atoms with van der Waals surface area (Å²) in [6, 6.07) is 11.5. The van der Waals surface area contributed by atoms with Crippen molar-refractivity contribution < 1.29 is 15.0 Å². The molecular formula is C15H9N3O3.